The van der Waals surface area contributed by atoms with Crippen molar-refractivity contribution in [2.75, 3.05) is 13.1 Å². The molecule has 0 unspecified atom stereocenters. The van der Waals surface area contributed by atoms with Gasteiger partial charge in [-0.1, -0.05) is 6.92 Å². The lowest BCUT2D eigenvalue weighted by Gasteiger charge is -2.23. The number of nitrogens with zero attached hydrogens (tertiary/aromatic N) is 4. The second-order valence-corrected chi connectivity index (χ2v) is 7.67. The predicted molar refractivity (Wildman–Crippen MR) is 109 cm³/mol. The third-order valence-electron chi connectivity index (χ3n) is 4.97. The van der Waals surface area contributed by atoms with Crippen molar-refractivity contribution in [1.82, 2.24) is 9.47 Å². The van der Waals surface area contributed by atoms with Gasteiger partial charge in [-0.15, -0.1) is 10.2 Å². The number of aromatic hydroxyl groups is 1. The largest absolute Gasteiger partial charge is 0.493 e. The molecule has 3 N–H and O–H groups in total. The summed E-state index contributed by atoms with van der Waals surface area (Å²) in [4.78, 5) is 2.40. The van der Waals surface area contributed by atoms with Crippen LogP contribution in [0.1, 0.15) is 37.3 Å². The van der Waals surface area contributed by atoms with E-state index in [4.69, 9.17) is 18.0 Å². The van der Waals surface area contributed by atoms with Crippen LogP contribution in [-0.4, -0.2) is 32.8 Å². The number of benzene rings is 1. The zero-order valence-electron chi connectivity index (χ0n) is 15.7. The topological polar surface area (TPSA) is 79.1 Å². The second kappa shape index (κ2) is 7.72. The highest BCUT2D eigenvalue weighted by atomic mass is 32.1. The van der Waals surface area contributed by atoms with Crippen LogP contribution in [0.15, 0.2) is 22.4 Å². The van der Waals surface area contributed by atoms with Crippen LogP contribution in [0, 0.1) is 19.8 Å². The van der Waals surface area contributed by atoms with E-state index in [2.05, 4.69) is 35.0 Å². The lowest BCUT2D eigenvalue weighted by Crippen LogP contribution is -2.29. The summed E-state index contributed by atoms with van der Waals surface area (Å²) in [5.41, 5.74) is 9.16. The number of aromatic nitrogens is 1. The summed E-state index contributed by atoms with van der Waals surface area (Å²) >= 11 is 4.79. The highest BCUT2D eigenvalue weighted by molar-refractivity contribution is 7.80. The Morgan fingerprint density at radius 1 is 1.35 bits per heavy atom. The molecule has 1 aromatic carbocycles. The van der Waals surface area contributed by atoms with Crippen molar-refractivity contribution in [1.29, 1.82) is 0 Å². The molecule has 1 fully saturated rings. The Morgan fingerprint density at radius 2 is 2.04 bits per heavy atom. The van der Waals surface area contributed by atoms with Crippen LogP contribution in [-0.2, 0) is 6.67 Å². The van der Waals surface area contributed by atoms with Gasteiger partial charge in [-0.2, -0.15) is 0 Å². The van der Waals surface area contributed by atoms with Gasteiger partial charge in [-0.25, -0.2) is 0 Å². The van der Waals surface area contributed by atoms with Crippen molar-refractivity contribution >= 4 is 33.9 Å². The van der Waals surface area contributed by atoms with Gasteiger partial charge >= 0.3 is 0 Å². The molecule has 0 atom stereocenters. The van der Waals surface area contributed by atoms with Crippen LogP contribution in [0.3, 0.4) is 0 Å². The molecule has 1 aliphatic rings. The number of fused-ring (bicyclic) bond motifs is 1. The first kappa shape index (κ1) is 18.8. The number of nitrogens with two attached hydrogens (primary N) is 1. The van der Waals surface area contributed by atoms with Gasteiger partial charge in [0.2, 0.25) is 11.0 Å². The van der Waals surface area contributed by atoms with E-state index in [1.165, 1.54) is 18.4 Å². The predicted octanol–water partition coefficient (Wildman–Crippen LogP) is 4.37. The fourth-order valence-corrected chi connectivity index (χ4v) is 3.36. The first-order chi connectivity index (χ1) is 12.4. The summed E-state index contributed by atoms with van der Waals surface area (Å²) in [6, 6.07) is 4.14. The van der Waals surface area contributed by atoms with Crippen LogP contribution in [0.25, 0.3) is 10.9 Å². The Bertz CT molecular complexity index is 853. The van der Waals surface area contributed by atoms with E-state index >= 15 is 0 Å². The molecule has 0 spiro atoms. The Morgan fingerprint density at radius 3 is 2.65 bits per heavy atom. The van der Waals surface area contributed by atoms with E-state index in [1.807, 2.05) is 17.6 Å². The molecule has 0 aliphatic heterocycles. The fourth-order valence-electron chi connectivity index (χ4n) is 3.32. The van der Waals surface area contributed by atoms with Crippen LogP contribution < -0.4 is 5.73 Å². The van der Waals surface area contributed by atoms with Crippen molar-refractivity contribution in [2.45, 2.75) is 46.7 Å². The molecule has 2 aromatic rings. The van der Waals surface area contributed by atoms with Crippen molar-refractivity contribution in [3.05, 3.63) is 23.3 Å². The molecule has 0 saturated heterocycles. The van der Waals surface area contributed by atoms with Crippen molar-refractivity contribution in [3.63, 3.8) is 0 Å². The van der Waals surface area contributed by atoms with Gasteiger partial charge in [0, 0.05) is 11.9 Å². The summed E-state index contributed by atoms with van der Waals surface area (Å²) in [6.07, 6.45) is 3.70. The lowest BCUT2D eigenvalue weighted by molar-refractivity contribution is 0.203. The molecule has 0 bridgehead atoms. The SMILES string of the molecule is CCCN(CC1CC1)Cn1c(O)c(N=NC(N)=S)c2cc(C)c(C)cc21. The summed E-state index contributed by atoms with van der Waals surface area (Å²) in [6.45, 7) is 9.02. The zero-order valence-corrected chi connectivity index (χ0v) is 16.5. The van der Waals surface area contributed by atoms with Gasteiger partial charge in [0.1, 0.15) is 0 Å². The van der Waals surface area contributed by atoms with E-state index in [0.717, 1.165) is 41.9 Å². The number of aryl methyl sites for hydroxylation is 2. The lowest BCUT2D eigenvalue weighted by atomic mass is 10.1. The molecule has 1 heterocycles. The standard InChI is InChI=1S/C19H27N5OS/c1-4-7-23(10-14-5-6-14)11-24-16-9-13(3)12(2)8-15(16)17(18(24)25)21-22-19(20)26/h8-9,14,25H,4-7,10-11H2,1-3H3,(H2,20,26). The van der Waals surface area contributed by atoms with Crippen LogP contribution >= 0.6 is 12.2 Å². The Hall–Kier alpha value is -1.99. The first-order valence-electron chi connectivity index (χ1n) is 9.16. The number of rotatable bonds is 7. The monoisotopic (exact) mass is 373 g/mol. The van der Waals surface area contributed by atoms with E-state index in [9.17, 15) is 5.11 Å². The van der Waals surface area contributed by atoms with Crippen LogP contribution in [0.4, 0.5) is 5.69 Å². The van der Waals surface area contributed by atoms with E-state index in [0.29, 0.717) is 12.4 Å². The minimum Gasteiger partial charge on any atom is -0.493 e. The highest BCUT2D eigenvalue weighted by Crippen LogP contribution is 2.40. The number of hydrogen-bond acceptors (Lipinski definition) is 4. The van der Waals surface area contributed by atoms with Gasteiger partial charge in [-0.05, 0) is 81.1 Å². The molecule has 0 radical (unpaired) electrons. The average molecular weight is 374 g/mol. The smallest absolute Gasteiger partial charge is 0.221 e. The van der Waals surface area contributed by atoms with E-state index in [-0.39, 0.29) is 11.0 Å². The molecule has 1 aliphatic carbocycles. The van der Waals surface area contributed by atoms with Crippen molar-refractivity contribution < 1.29 is 5.11 Å². The van der Waals surface area contributed by atoms with Crippen molar-refractivity contribution in [2.24, 2.45) is 21.9 Å². The molecule has 1 saturated carbocycles. The Labute approximate surface area is 159 Å². The molecule has 3 rings (SSSR count). The van der Waals surface area contributed by atoms with Crippen LogP contribution in [0.5, 0.6) is 5.88 Å². The van der Waals surface area contributed by atoms with Gasteiger partial charge in [0.25, 0.3) is 0 Å². The number of thiocarbonyl (C=S) groups is 1. The summed E-state index contributed by atoms with van der Waals surface area (Å²) < 4.78 is 1.92. The van der Waals surface area contributed by atoms with Gasteiger partial charge in [-0.3, -0.25) is 9.47 Å². The number of azo groups is 1. The molecule has 6 nitrogen and oxygen atoms in total. The molecule has 1 aromatic heterocycles. The minimum atomic E-state index is -0.0459. The van der Waals surface area contributed by atoms with Gasteiger partial charge < -0.3 is 10.8 Å². The molecule has 7 heteroatoms. The van der Waals surface area contributed by atoms with Crippen molar-refractivity contribution in [3.8, 4) is 5.88 Å². The molecule has 140 valence electrons. The minimum absolute atomic E-state index is 0.0459. The molecular formula is C19H27N5OS. The second-order valence-electron chi connectivity index (χ2n) is 7.25. The third-order valence-corrected chi connectivity index (χ3v) is 5.05. The average Bonchev–Trinajstić information content (AvgIpc) is 3.35. The Balaban J connectivity index is 2.06. The fraction of sp³-hybridized carbons (Fsp3) is 0.526. The Kier molecular flexibility index (Phi) is 5.58. The van der Waals surface area contributed by atoms with E-state index in [1.54, 1.807) is 0 Å². The normalized spacial score (nSPS) is 14.8. The molecule has 0 amide bonds. The summed E-state index contributed by atoms with van der Waals surface area (Å²) in [7, 11) is 0. The molecular weight excluding hydrogens is 346 g/mol. The quantitative estimate of drug-likeness (QED) is 0.558. The third kappa shape index (κ3) is 4.04. The zero-order chi connectivity index (χ0) is 18.8. The molecule has 26 heavy (non-hydrogen) atoms. The maximum Gasteiger partial charge on any atom is 0.221 e. The van der Waals surface area contributed by atoms with Crippen LogP contribution in [0.2, 0.25) is 0 Å². The summed E-state index contributed by atoms with van der Waals surface area (Å²) in [5.74, 6) is 0.908. The van der Waals surface area contributed by atoms with Gasteiger partial charge in [0.05, 0.1) is 12.2 Å². The number of hydrogen-bond donors (Lipinski definition) is 2. The van der Waals surface area contributed by atoms with Gasteiger partial charge in [0.15, 0.2) is 5.69 Å². The van der Waals surface area contributed by atoms with E-state index < -0.39 is 0 Å². The maximum atomic E-state index is 10.9. The summed E-state index contributed by atoms with van der Waals surface area (Å²) in [5, 5.41) is 19.6. The highest BCUT2D eigenvalue weighted by Gasteiger charge is 2.25. The first-order valence-corrected chi connectivity index (χ1v) is 9.57. The maximum absolute atomic E-state index is 10.9.